The van der Waals surface area contributed by atoms with E-state index >= 15 is 0 Å². The number of ether oxygens (including phenoxy) is 2. The molecule has 0 N–H and O–H groups in total. The summed E-state index contributed by atoms with van der Waals surface area (Å²) in [6, 6.07) is 16.3. The van der Waals surface area contributed by atoms with E-state index in [0.29, 0.717) is 0 Å². The van der Waals surface area contributed by atoms with Crippen LogP contribution in [0.3, 0.4) is 0 Å². The molecule has 0 bridgehead atoms. The summed E-state index contributed by atoms with van der Waals surface area (Å²) < 4.78 is 11.9. The minimum absolute atomic E-state index is 0.798. The van der Waals surface area contributed by atoms with Crippen molar-refractivity contribution in [2.75, 3.05) is 13.2 Å². The first-order valence-electron chi connectivity index (χ1n) is 16.8. The molecule has 0 atom stereocenters. The highest BCUT2D eigenvalue weighted by Crippen LogP contribution is 2.20. The molecule has 2 aromatic rings. The number of benzene rings is 2. The van der Waals surface area contributed by atoms with Crippen LogP contribution in [-0.4, -0.2) is 19.4 Å². The van der Waals surface area contributed by atoms with Crippen molar-refractivity contribution in [2.45, 2.75) is 142 Å². The molecule has 0 spiro atoms. The average Bonchev–Trinajstić information content (AvgIpc) is 2.99. The molecular formula is C37H59NO2. The highest BCUT2D eigenvalue weighted by molar-refractivity contribution is 5.82. The van der Waals surface area contributed by atoms with Crippen LogP contribution in [-0.2, 0) is 0 Å². The molecule has 3 nitrogen and oxygen atoms in total. The fraction of sp³-hybridized carbons (Fsp3) is 0.649. The lowest BCUT2D eigenvalue weighted by Crippen LogP contribution is -1.97. The average molecular weight is 550 g/mol. The van der Waals surface area contributed by atoms with Gasteiger partial charge in [-0.15, -0.1) is 0 Å². The standard InChI is InChI=1S/C37H59NO2/c1-3-5-7-9-11-13-15-17-19-21-31-39-36-27-23-34(24-28-36)33-38-35-25-29-37(30-26-35)40-32-22-20-18-16-14-12-10-8-6-4-2/h23-30,33H,3-22,31-32H2,1-2H3. The van der Waals surface area contributed by atoms with Crippen molar-refractivity contribution >= 4 is 11.9 Å². The largest absolute Gasteiger partial charge is 0.494 e. The summed E-state index contributed by atoms with van der Waals surface area (Å²) >= 11 is 0. The van der Waals surface area contributed by atoms with Gasteiger partial charge in [0.05, 0.1) is 18.9 Å². The summed E-state index contributed by atoms with van der Waals surface area (Å²) in [4.78, 5) is 4.62. The Kier molecular flexibility index (Phi) is 20.8. The van der Waals surface area contributed by atoms with Crippen LogP contribution in [0.25, 0.3) is 0 Å². The second-order valence-corrected chi connectivity index (χ2v) is 11.4. The van der Waals surface area contributed by atoms with Crippen molar-refractivity contribution in [3.8, 4) is 11.5 Å². The van der Waals surface area contributed by atoms with Crippen LogP contribution in [0.5, 0.6) is 11.5 Å². The Balaban J connectivity index is 1.50. The lowest BCUT2D eigenvalue weighted by molar-refractivity contribution is 0.304. The van der Waals surface area contributed by atoms with Crippen LogP contribution in [0.1, 0.15) is 148 Å². The maximum Gasteiger partial charge on any atom is 0.119 e. The van der Waals surface area contributed by atoms with Crippen LogP contribution >= 0.6 is 0 Å². The molecule has 0 aliphatic heterocycles. The highest BCUT2D eigenvalue weighted by atomic mass is 16.5. The van der Waals surface area contributed by atoms with Gasteiger partial charge < -0.3 is 9.47 Å². The van der Waals surface area contributed by atoms with E-state index < -0.39 is 0 Å². The van der Waals surface area contributed by atoms with Crippen LogP contribution in [0.15, 0.2) is 53.5 Å². The zero-order chi connectivity index (χ0) is 28.4. The van der Waals surface area contributed by atoms with Gasteiger partial charge in [0.1, 0.15) is 11.5 Å². The number of hydrogen-bond donors (Lipinski definition) is 0. The molecular weight excluding hydrogens is 490 g/mol. The van der Waals surface area contributed by atoms with Gasteiger partial charge in [-0.1, -0.05) is 129 Å². The van der Waals surface area contributed by atoms with Gasteiger partial charge in [-0.2, -0.15) is 0 Å². The SMILES string of the molecule is CCCCCCCCCCCCOc1ccc(C=Nc2ccc(OCCCCCCCCCCCC)cc2)cc1. The maximum absolute atomic E-state index is 5.93. The fourth-order valence-corrected chi connectivity index (χ4v) is 4.99. The van der Waals surface area contributed by atoms with E-state index in [-0.39, 0.29) is 0 Å². The Labute approximate surface area is 247 Å². The van der Waals surface area contributed by atoms with Crippen molar-refractivity contribution < 1.29 is 9.47 Å². The van der Waals surface area contributed by atoms with Crippen molar-refractivity contribution in [3.63, 3.8) is 0 Å². The lowest BCUT2D eigenvalue weighted by Gasteiger charge is -2.07. The predicted octanol–water partition coefficient (Wildman–Crippen LogP) is 12.0. The molecule has 40 heavy (non-hydrogen) atoms. The summed E-state index contributed by atoms with van der Waals surface area (Å²) in [5.41, 5.74) is 2.01. The van der Waals surface area contributed by atoms with Crippen LogP contribution in [0.4, 0.5) is 5.69 Å². The van der Waals surface area contributed by atoms with Crippen LogP contribution < -0.4 is 9.47 Å². The van der Waals surface area contributed by atoms with Gasteiger partial charge in [0.2, 0.25) is 0 Å². The normalized spacial score (nSPS) is 11.3. The first-order valence-corrected chi connectivity index (χ1v) is 16.8. The summed E-state index contributed by atoms with van der Waals surface area (Å²) in [6.45, 7) is 6.16. The van der Waals surface area contributed by atoms with Crippen molar-refractivity contribution in [2.24, 2.45) is 4.99 Å². The molecule has 0 heterocycles. The quantitative estimate of drug-likeness (QED) is 0.0863. The van der Waals surface area contributed by atoms with E-state index in [4.69, 9.17) is 9.47 Å². The first-order chi connectivity index (χ1) is 19.8. The molecule has 3 heteroatoms. The number of unbranched alkanes of at least 4 members (excludes halogenated alkanes) is 18. The first kappa shape index (κ1) is 33.9. The smallest absolute Gasteiger partial charge is 0.119 e. The second-order valence-electron chi connectivity index (χ2n) is 11.4. The van der Waals surface area contributed by atoms with Crippen molar-refractivity contribution in [1.29, 1.82) is 0 Å². The second kappa shape index (κ2) is 24.5. The van der Waals surface area contributed by atoms with E-state index in [1.54, 1.807) is 0 Å². The third-order valence-electron chi connectivity index (χ3n) is 7.61. The monoisotopic (exact) mass is 549 g/mol. The Morgan fingerprint density at radius 1 is 0.450 bits per heavy atom. The fourth-order valence-electron chi connectivity index (χ4n) is 4.99. The van der Waals surface area contributed by atoms with Gasteiger partial charge in [0.15, 0.2) is 0 Å². The number of hydrogen-bond acceptors (Lipinski definition) is 3. The molecule has 0 aliphatic rings. The van der Waals surface area contributed by atoms with E-state index in [1.807, 2.05) is 42.6 Å². The van der Waals surface area contributed by atoms with Gasteiger partial charge in [-0.25, -0.2) is 0 Å². The number of rotatable bonds is 26. The summed E-state index contributed by atoms with van der Waals surface area (Å²) in [7, 11) is 0. The molecule has 2 rings (SSSR count). The third kappa shape index (κ3) is 18.1. The van der Waals surface area contributed by atoms with Gasteiger partial charge in [-0.05, 0) is 66.9 Å². The molecule has 0 aromatic heterocycles. The molecule has 0 fully saturated rings. The van der Waals surface area contributed by atoms with Gasteiger partial charge in [0, 0.05) is 6.21 Å². The Hall–Kier alpha value is -2.29. The Bertz CT molecular complexity index is 772. The zero-order valence-corrected chi connectivity index (χ0v) is 26.0. The molecule has 0 saturated heterocycles. The zero-order valence-electron chi connectivity index (χ0n) is 26.0. The van der Waals surface area contributed by atoms with Crippen LogP contribution in [0.2, 0.25) is 0 Å². The molecule has 0 amide bonds. The molecule has 2 aromatic carbocycles. The summed E-state index contributed by atoms with van der Waals surface area (Å²) in [5.74, 6) is 1.87. The minimum Gasteiger partial charge on any atom is -0.494 e. The van der Waals surface area contributed by atoms with Crippen LogP contribution in [0, 0.1) is 0 Å². The highest BCUT2D eigenvalue weighted by Gasteiger charge is 1.98. The lowest BCUT2D eigenvalue weighted by atomic mass is 10.1. The van der Waals surface area contributed by atoms with Crippen molar-refractivity contribution in [3.05, 3.63) is 54.1 Å². The van der Waals surface area contributed by atoms with Gasteiger partial charge in [-0.3, -0.25) is 4.99 Å². The van der Waals surface area contributed by atoms with Gasteiger partial charge >= 0.3 is 0 Å². The molecule has 0 saturated carbocycles. The molecule has 0 unspecified atom stereocenters. The molecule has 224 valence electrons. The third-order valence-corrected chi connectivity index (χ3v) is 7.61. The van der Waals surface area contributed by atoms with E-state index in [0.717, 1.165) is 48.8 Å². The number of aliphatic imine (C=N–C) groups is 1. The minimum atomic E-state index is 0.798. The summed E-state index contributed by atoms with van der Waals surface area (Å²) in [5, 5.41) is 0. The van der Waals surface area contributed by atoms with E-state index in [1.165, 1.54) is 116 Å². The topological polar surface area (TPSA) is 30.8 Å². The predicted molar refractivity (Wildman–Crippen MR) is 175 cm³/mol. The molecule has 0 aliphatic carbocycles. The van der Waals surface area contributed by atoms with Crippen molar-refractivity contribution in [1.82, 2.24) is 0 Å². The Morgan fingerprint density at radius 3 is 1.20 bits per heavy atom. The maximum atomic E-state index is 5.93. The van der Waals surface area contributed by atoms with Gasteiger partial charge in [0.25, 0.3) is 0 Å². The van der Waals surface area contributed by atoms with E-state index in [9.17, 15) is 0 Å². The molecule has 0 radical (unpaired) electrons. The number of nitrogens with zero attached hydrogens (tertiary/aromatic N) is 1. The van der Waals surface area contributed by atoms with E-state index in [2.05, 4.69) is 31.0 Å². The summed E-state index contributed by atoms with van der Waals surface area (Å²) in [6.07, 6.45) is 28.8. The Morgan fingerprint density at radius 2 is 0.800 bits per heavy atom.